The first-order valence-electron chi connectivity index (χ1n) is 6.19. The first kappa shape index (κ1) is 22.6. The first-order valence-corrected chi connectivity index (χ1v) is 7.22. The Morgan fingerprint density at radius 3 is 1.41 bits per heavy atom. The molecule has 0 radical (unpaired) electrons. The van der Waals surface area contributed by atoms with Gasteiger partial charge in [0.15, 0.2) is 0 Å². The summed E-state index contributed by atoms with van der Waals surface area (Å²) in [5, 5.41) is 15.8. The minimum atomic E-state index is -0.935. The van der Waals surface area contributed by atoms with Crippen LogP contribution in [0.1, 0.15) is 29.6 Å². The second-order valence-electron chi connectivity index (χ2n) is 4.46. The Morgan fingerprint density at radius 1 is 0.955 bits per heavy atom. The standard InChI is InChI=1S/C8H10S2.2C4H6O2/c1-6-2-4-7(5-3-6)8(9)10;2*1-3(2)4(5)6/h2-5,8-10H,1H3;2*1H2,2H3,(H,5,6). The van der Waals surface area contributed by atoms with Crippen molar-refractivity contribution in [1.82, 2.24) is 0 Å². The Bertz CT molecular complexity index is 471. The summed E-state index contributed by atoms with van der Waals surface area (Å²) in [6, 6.07) is 8.21. The van der Waals surface area contributed by atoms with E-state index in [2.05, 4.69) is 57.5 Å². The second kappa shape index (κ2) is 11.9. The third kappa shape index (κ3) is 13.3. The zero-order valence-corrected chi connectivity index (χ0v) is 14.7. The quantitative estimate of drug-likeness (QED) is 0.378. The van der Waals surface area contributed by atoms with Crippen LogP contribution >= 0.6 is 25.3 Å². The van der Waals surface area contributed by atoms with Crippen LogP contribution in [0.4, 0.5) is 0 Å². The number of hydrogen-bond donors (Lipinski definition) is 4. The van der Waals surface area contributed by atoms with E-state index in [0.29, 0.717) is 0 Å². The lowest BCUT2D eigenvalue weighted by Gasteiger charge is -2.02. The molecule has 0 aliphatic carbocycles. The molecular weight excluding hydrogens is 320 g/mol. The van der Waals surface area contributed by atoms with Gasteiger partial charge in [0, 0.05) is 11.1 Å². The molecule has 0 fully saturated rings. The fraction of sp³-hybridized carbons (Fsp3) is 0.250. The average Bonchev–Trinajstić information content (AvgIpc) is 2.40. The zero-order valence-electron chi connectivity index (χ0n) is 12.9. The lowest BCUT2D eigenvalue weighted by atomic mass is 10.2. The van der Waals surface area contributed by atoms with E-state index in [1.54, 1.807) is 0 Å². The van der Waals surface area contributed by atoms with Crippen LogP contribution in [0.25, 0.3) is 0 Å². The van der Waals surface area contributed by atoms with Crippen LogP contribution in [0, 0.1) is 6.92 Å². The van der Waals surface area contributed by atoms with Crippen molar-refractivity contribution in [2.24, 2.45) is 0 Å². The molecule has 1 rings (SSSR count). The maximum Gasteiger partial charge on any atom is 0.330 e. The van der Waals surface area contributed by atoms with Crippen molar-refractivity contribution in [3.63, 3.8) is 0 Å². The monoisotopic (exact) mass is 342 g/mol. The van der Waals surface area contributed by atoms with Crippen LogP contribution in [0.2, 0.25) is 0 Å². The Morgan fingerprint density at radius 2 is 1.23 bits per heavy atom. The number of aliphatic carboxylic acids is 2. The number of rotatable bonds is 3. The SMILES string of the molecule is C=C(C)C(=O)O.C=C(C)C(=O)O.Cc1ccc(C(S)S)cc1. The molecule has 0 spiro atoms. The molecule has 0 bridgehead atoms. The molecule has 22 heavy (non-hydrogen) atoms. The minimum absolute atomic E-state index is 0.0422. The van der Waals surface area contributed by atoms with E-state index in [0.717, 1.165) is 5.56 Å². The first-order chi connectivity index (χ1) is 9.98. The third-order valence-electron chi connectivity index (χ3n) is 2.11. The van der Waals surface area contributed by atoms with Gasteiger partial charge in [-0.25, -0.2) is 9.59 Å². The van der Waals surface area contributed by atoms with E-state index in [1.165, 1.54) is 19.4 Å². The molecule has 0 aliphatic heterocycles. The summed E-state index contributed by atoms with van der Waals surface area (Å²) >= 11 is 8.37. The number of thiol groups is 2. The minimum Gasteiger partial charge on any atom is -0.478 e. The van der Waals surface area contributed by atoms with Gasteiger partial charge in [-0.3, -0.25) is 0 Å². The highest BCUT2D eigenvalue weighted by Crippen LogP contribution is 2.22. The highest BCUT2D eigenvalue weighted by atomic mass is 32.2. The zero-order chi connectivity index (χ0) is 17.9. The van der Waals surface area contributed by atoms with E-state index in [9.17, 15) is 9.59 Å². The summed E-state index contributed by atoms with van der Waals surface area (Å²) in [5.74, 6) is -1.87. The van der Waals surface area contributed by atoms with E-state index in [-0.39, 0.29) is 15.7 Å². The predicted molar refractivity (Wildman–Crippen MR) is 96.8 cm³/mol. The van der Waals surface area contributed by atoms with Gasteiger partial charge >= 0.3 is 11.9 Å². The van der Waals surface area contributed by atoms with Gasteiger partial charge in [-0.05, 0) is 26.3 Å². The number of benzene rings is 1. The van der Waals surface area contributed by atoms with Crippen molar-refractivity contribution < 1.29 is 19.8 Å². The molecule has 0 unspecified atom stereocenters. The van der Waals surface area contributed by atoms with Gasteiger partial charge in [-0.15, -0.1) is 0 Å². The highest BCUT2D eigenvalue weighted by molar-refractivity contribution is 7.98. The van der Waals surface area contributed by atoms with E-state index < -0.39 is 11.9 Å². The molecule has 4 nitrogen and oxygen atoms in total. The summed E-state index contributed by atoms with van der Waals surface area (Å²) in [5.41, 5.74) is 2.77. The van der Waals surface area contributed by atoms with Gasteiger partial charge in [0.25, 0.3) is 0 Å². The Hall–Kier alpha value is -1.66. The van der Waals surface area contributed by atoms with Gasteiger partial charge in [0.1, 0.15) is 0 Å². The molecule has 0 saturated heterocycles. The van der Waals surface area contributed by atoms with Crippen molar-refractivity contribution in [3.05, 3.63) is 59.7 Å². The van der Waals surface area contributed by atoms with Gasteiger partial charge < -0.3 is 10.2 Å². The number of hydrogen-bond acceptors (Lipinski definition) is 4. The van der Waals surface area contributed by atoms with Crippen molar-refractivity contribution >= 4 is 37.2 Å². The fourth-order valence-electron chi connectivity index (χ4n) is 0.739. The van der Waals surface area contributed by atoms with Gasteiger partial charge in [-0.1, -0.05) is 43.0 Å². The fourth-order valence-corrected chi connectivity index (χ4v) is 1.08. The van der Waals surface area contributed by atoms with E-state index in [1.807, 2.05) is 12.1 Å². The summed E-state index contributed by atoms with van der Waals surface area (Å²) in [6.07, 6.45) is 0. The molecule has 6 heteroatoms. The third-order valence-corrected chi connectivity index (χ3v) is 2.70. The number of aryl methyl sites for hydroxylation is 1. The molecule has 1 aromatic carbocycles. The molecule has 0 amide bonds. The van der Waals surface area contributed by atoms with Crippen LogP contribution < -0.4 is 0 Å². The average molecular weight is 342 g/mol. The Balaban J connectivity index is 0. The lowest BCUT2D eigenvalue weighted by Crippen LogP contribution is -1.92. The van der Waals surface area contributed by atoms with Gasteiger partial charge in [0.2, 0.25) is 0 Å². The Kier molecular flexibility index (Phi) is 12.3. The predicted octanol–water partition coefficient (Wildman–Crippen LogP) is 4.15. The Labute approximate surface area is 142 Å². The molecule has 0 aliphatic rings. The summed E-state index contributed by atoms with van der Waals surface area (Å²) in [4.78, 5) is 19.2. The molecule has 2 N–H and O–H groups in total. The molecule has 0 atom stereocenters. The molecule has 0 saturated carbocycles. The topological polar surface area (TPSA) is 74.6 Å². The summed E-state index contributed by atoms with van der Waals surface area (Å²) < 4.78 is 0.0422. The highest BCUT2D eigenvalue weighted by Gasteiger charge is 1.97. The van der Waals surface area contributed by atoms with Crippen molar-refractivity contribution in [2.75, 3.05) is 0 Å². The summed E-state index contributed by atoms with van der Waals surface area (Å²) in [6.45, 7) is 11.3. The summed E-state index contributed by atoms with van der Waals surface area (Å²) in [7, 11) is 0. The molecular formula is C16H22O4S2. The maximum absolute atomic E-state index is 9.60. The largest absolute Gasteiger partial charge is 0.478 e. The van der Waals surface area contributed by atoms with Gasteiger partial charge in [-0.2, -0.15) is 25.3 Å². The van der Waals surface area contributed by atoms with Crippen LogP contribution in [-0.2, 0) is 9.59 Å². The maximum atomic E-state index is 9.60. The van der Waals surface area contributed by atoms with Crippen molar-refractivity contribution in [3.8, 4) is 0 Å². The van der Waals surface area contributed by atoms with Gasteiger partial charge in [0.05, 0.1) is 4.58 Å². The van der Waals surface area contributed by atoms with E-state index >= 15 is 0 Å². The molecule has 122 valence electrons. The second-order valence-corrected chi connectivity index (χ2v) is 5.90. The van der Waals surface area contributed by atoms with Crippen molar-refractivity contribution in [2.45, 2.75) is 25.4 Å². The van der Waals surface area contributed by atoms with Crippen LogP contribution in [0.3, 0.4) is 0 Å². The molecule has 0 heterocycles. The van der Waals surface area contributed by atoms with E-state index in [4.69, 9.17) is 10.2 Å². The van der Waals surface area contributed by atoms with Crippen LogP contribution in [0.5, 0.6) is 0 Å². The molecule has 1 aromatic rings. The normalized spacial score (nSPS) is 8.82. The van der Waals surface area contributed by atoms with Crippen molar-refractivity contribution in [1.29, 1.82) is 0 Å². The lowest BCUT2D eigenvalue weighted by molar-refractivity contribution is -0.133. The number of carbonyl (C=O) groups is 2. The molecule has 0 aromatic heterocycles. The number of carboxylic acid groups (broad SMARTS) is 2. The smallest absolute Gasteiger partial charge is 0.330 e. The number of carboxylic acids is 2. The van der Waals surface area contributed by atoms with Crippen LogP contribution in [0.15, 0.2) is 48.6 Å². The van der Waals surface area contributed by atoms with Crippen LogP contribution in [-0.4, -0.2) is 22.2 Å².